The van der Waals surface area contributed by atoms with Crippen LogP contribution in [0, 0.1) is 0 Å². The molecule has 3 heteroatoms. The molecule has 0 atom stereocenters. The average Bonchev–Trinajstić information content (AvgIpc) is 2.39. The van der Waals surface area contributed by atoms with E-state index in [2.05, 4.69) is 6.58 Å². The summed E-state index contributed by atoms with van der Waals surface area (Å²) in [6.45, 7) is 5.66. The van der Waals surface area contributed by atoms with E-state index in [1.807, 2.05) is 36.7 Å². The molecule has 1 rings (SSSR count). The molecule has 0 heterocycles. The standard InChI is InChI=1S/C14H15NO2/c1-3-5-6-11(4-2)12-7-8-13(10-16)14(9-12)15-17/h3-10,15,17H,2H2,1H3/b5-3-,11-6+. The SMILES string of the molecule is C=C/C(=C\C=C/C)c1ccc(C=O)c(NO)c1. The van der Waals surface area contributed by atoms with Gasteiger partial charge in [0, 0.05) is 5.56 Å². The highest BCUT2D eigenvalue weighted by Crippen LogP contribution is 2.22. The van der Waals surface area contributed by atoms with E-state index < -0.39 is 0 Å². The minimum Gasteiger partial charge on any atom is -0.298 e. The van der Waals surface area contributed by atoms with Gasteiger partial charge in [-0.3, -0.25) is 15.5 Å². The van der Waals surface area contributed by atoms with Crippen LogP contribution in [0.1, 0.15) is 22.8 Å². The molecule has 0 saturated carbocycles. The number of rotatable bonds is 5. The van der Waals surface area contributed by atoms with Gasteiger partial charge in [0.1, 0.15) is 0 Å². The van der Waals surface area contributed by atoms with Crippen LogP contribution in [-0.4, -0.2) is 11.5 Å². The number of allylic oxidation sites excluding steroid dienone is 5. The smallest absolute Gasteiger partial charge is 0.152 e. The zero-order valence-electron chi connectivity index (χ0n) is 9.68. The molecule has 3 nitrogen and oxygen atoms in total. The summed E-state index contributed by atoms with van der Waals surface area (Å²) < 4.78 is 0. The second-order valence-corrected chi connectivity index (χ2v) is 3.38. The lowest BCUT2D eigenvalue weighted by molar-refractivity contribution is 0.112. The molecule has 1 aromatic carbocycles. The fourth-order valence-corrected chi connectivity index (χ4v) is 1.42. The highest BCUT2D eigenvalue weighted by atomic mass is 16.5. The molecule has 0 bridgehead atoms. The maximum atomic E-state index is 10.7. The first-order valence-corrected chi connectivity index (χ1v) is 5.22. The summed E-state index contributed by atoms with van der Waals surface area (Å²) in [7, 11) is 0. The first kappa shape index (κ1) is 12.9. The minimum atomic E-state index is 0.380. The molecule has 17 heavy (non-hydrogen) atoms. The minimum absolute atomic E-state index is 0.380. The molecule has 0 aromatic heterocycles. The average molecular weight is 229 g/mol. The lowest BCUT2D eigenvalue weighted by Gasteiger charge is -2.07. The van der Waals surface area contributed by atoms with Gasteiger partial charge in [0.15, 0.2) is 6.29 Å². The van der Waals surface area contributed by atoms with Crippen molar-refractivity contribution in [3.63, 3.8) is 0 Å². The van der Waals surface area contributed by atoms with Gasteiger partial charge in [-0.15, -0.1) is 0 Å². The molecule has 0 unspecified atom stereocenters. The van der Waals surface area contributed by atoms with Crippen molar-refractivity contribution >= 4 is 17.5 Å². The van der Waals surface area contributed by atoms with E-state index in [1.165, 1.54) is 0 Å². The first-order chi connectivity index (χ1) is 8.26. The van der Waals surface area contributed by atoms with Gasteiger partial charge in [-0.1, -0.05) is 36.9 Å². The summed E-state index contributed by atoms with van der Waals surface area (Å²) in [5, 5.41) is 8.94. The molecule has 0 fully saturated rings. The van der Waals surface area contributed by atoms with Gasteiger partial charge in [0.2, 0.25) is 0 Å². The third kappa shape index (κ3) is 3.16. The molecule has 0 aliphatic carbocycles. The van der Waals surface area contributed by atoms with Crippen LogP contribution in [0.5, 0.6) is 0 Å². The van der Waals surface area contributed by atoms with Crippen molar-refractivity contribution < 1.29 is 10.0 Å². The normalized spacial score (nSPS) is 11.5. The third-order valence-electron chi connectivity index (χ3n) is 2.32. The van der Waals surface area contributed by atoms with Gasteiger partial charge in [-0.2, -0.15) is 0 Å². The Hall–Kier alpha value is -2.13. The van der Waals surface area contributed by atoms with E-state index in [0.717, 1.165) is 11.1 Å². The molecule has 0 spiro atoms. The van der Waals surface area contributed by atoms with E-state index in [0.29, 0.717) is 17.5 Å². The Bertz CT molecular complexity index is 473. The molecule has 0 aliphatic rings. The number of aldehydes is 1. The Morgan fingerprint density at radius 3 is 2.76 bits per heavy atom. The summed E-state index contributed by atoms with van der Waals surface area (Å²) in [5.41, 5.74) is 4.59. The monoisotopic (exact) mass is 229 g/mol. The quantitative estimate of drug-likeness (QED) is 0.462. The van der Waals surface area contributed by atoms with Crippen LogP contribution in [0.4, 0.5) is 5.69 Å². The number of anilines is 1. The van der Waals surface area contributed by atoms with Gasteiger partial charge >= 0.3 is 0 Å². The molecule has 0 radical (unpaired) electrons. The Morgan fingerprint density at radius 2 is 2.24 bits per heavy atom. The molecule has 2 N–H and O–H groups in total. The molecular weight excluding hydrogens is 214 g/mol. The summed E-state index contributed by atoms with van der Waals surface area (Å²) in [6, 6.07) is 5.15. The number of carbonyl (C=O) groups is 1. The summed E-state index contributed by atoms with van der Waals surface area (Å²) in [5.74, 6) is 0. The Balaban J connectivity index is 3.22. The molecular formula is C14H15NO2. The number of hydrogen-bond acceptors (Lipinski definition) is 3. The third-order valence-corrected chi connectivity index (χ3v) is 2.32. The van der Waals surface area contributed by atoms with E-state index in [9.17, 15) is 4.79 Å². The maximum absolute atomic E-state index is 10.7. The van der Waals surface area contributed by atoms with Crippen molar-refractivity contribution in [1.29, 1.82) is 0 Å². The lowest BCUT2D eigenvalue weighted by atomic mass is 10.0. The Labute approximate surface area is 101 Å². The zero-order chi connectivity index (χ0) is 12.7. The van der Waals surface area contributed by atoms with Gasteiger partial charge in [0.25, 0.3) is 0 Å². The van der Waals surface area contributed by atoms with Crippen LogP contribution >= 0.6 is 0 Å². The first-order valence-electron chi connectivity index (χ1n) is 5.22. The van der Waals surface area contributed by atoms with Gasteiger partial charge < -0.3 is 0 Å². The van der Waals surface area contributed by atoms with Crippen LogP contribution in [-0.2, 0) is 0 Å². The number of nitrogens with one attached hydrogen (secondary N) is 1. The largest absolute Gasteiger partial charge is 0.298 e. The Kier molecular flexibility index (Phi) is 4.91. The number of carbonyl (C=O) groups excluding carboxylic acids is 1. The lowest BCUT2D eigenvalue weighted by Crippen LogP contribution is -1.96. The second-order valence-electron chi connectivity index (χ2n) is 3.38. The van der Waals surface area contributed by atoms with Gasteiger partial charge in [0.05, 0.1) is 5.69 Å². The predicted molar refractivity (Wildman–Crippen MR) is 70.2 cm³/mol. The van der Waals surface area contributed by atoms with Crippen molar-refractivity contribution in [3.8, 4) is 0 Å². The molecule has 0 amide bonds. The van der Waals surface area contributed by atoms with E-state index in [1.54, 1.807) is 18.2 Å². The van der Waals surface area contributed by atoms with Crippen molar-refractivity contribution in [1.82, 2.24) is 0 Å². The maximum Gasteiger partial charge on any atom is 0.152 e. The topological polar surface area (TPSA) is 49.3 Å². The summed E-state index contributed by atoms with van der Waals surface area (Å²) >= 11 is 0. The highest BCUT2D eigenvalue weighted by Gasteiger charge is 2.03. The highest BCUT2D eigenvalue weighted by molar-refractivity contribution is 5.87. The molecule has 88 valence electrons. The van der Waals surface area contributed by atoms with Gasteiger partial charge in [-0.25, -0.2) is 0 Å². The summed E-state index contributed by atoms with van der Waals surface area (Å²) in [6.07, 6.45) is 8.12. The number of benzene rings is 1. The zero-order valence-corrected chi connectivity index (χ0v) is 9.68. The predicted octanol–water partition coefficient (Wildman–Crippen LogP) is 3.45. The molecule has 0 saturated heterocycles. The van der Waals surface area contributed by atoms with Crippen molar-refractivity contribution in [2.75, 3.05) is 5.48 Å². The number of hydrogen-bond donors (Lipinski definition) is 2. The fourth-order valence-electron chi connectivity index (χ4n) is 1.42. The van der Waals surface area contributed by atoms with Gasteiger partial charge in [-0.05, 0) is 30.2 Å². The summed E-state index contributed by atoms with van der Waals surface area (Å²) in [4.78, 5) is 10.7. The molecule has 1 aromatic rings. The van der Waals surface area contributed by atoms with Crippen molar-refractivity contribution in [2.24, 2.45) is 0 Å². The molecule has 0 aliphatic heterocycles. The van der Waals surface area contributed by atoms with Crippen molar-refractivity contribution in [3.05, 3.63) is 60.2 Å². The van der Waals surface area contributed by atoms with E-state index >= 15 is 0 Å². The van der Waals surface area contributed by atoms with E-state index in [-0.39, 0.29) is 0 Å². The van der Waals surface area contributed by atoms with Crippen LogP contribution in [0.2, 0.25) is 0 Å². The van der Waals surface area contributed by atoms with E-state index in [4.69, 9.17) is 5.21 Å². The van der Waals surface area contributed by atoms with Crippen LogP contribution in [0.15, 0.2) is 49.1 Å². The second kappa shape index (κ2) is 6.45. The van der Waals surface area contributed by atoms with Crippen LogP contribution in [0.3, 0.4) is 0 Å². The van der Waals surface area contributed by atoms with Crippen LogP contribution in [0.25, 0.3) is 5.57 Å². The fraction of sp³-hybridized carbons (Fsp3) is 0.0714. The van der Waals surface area contributed by atoms with Crippen molar-refractivity contribution in [2.45, 2.75) is 6.92 Å². The van der Waals surface area contributed by atoms with Crippen LogP contribution < -0.4 is 5.48 Å². The Morgan fingerprint density at radius 1 is 1.47 bits per heavy atom.